The van der Waals surface area contributed by atoms with Crippen molar-refractivity contribution < 1.29 is 9.21 Å². The molecule has 3 heterocycles. The molecule has 1 saturated carbocycles. The van der Waals surface area contributed by atoms with E-state index in [1.165, 1.54) is 0 Å². The van der Waals surface area contributed by atoms with E-state index in [9.17, 15) is 4.79 Å². The lowest BCUT2D eigenvalue weighted by molar-refractivity contribution is -0.122. The molecule has 0 bridgehead atoms. The Labute approximate surface area is 151 Å². The molecule has 5 rings (SSSR count). The number of anilines is 2. The molecule has 1 aliphatic heterocycles. The predicted octanol–water partition coefficient (Wildman–Crippen LogP) is 3.49. The molecule has 0 radical (unpaired) electrons. The van der Waals surface area contributed by atoms with Crippen molar-refractivity contribution in [2.45, 2.75) is 44.2 Å². The van der Waals surface area contributed by atoms with Gasteiger partial charge in [0.1, 0.15) is 11.3 Å². The molecular weight excluding hydrogens is 328 g/mol. The number of carbonyl (C=O) groups is 1. The second-order valence-corrected chi connectivity index (χ2v) is 7.63. The van der Waals surface area contributed by atoms with Crippen molar-refractivity contribution >= 4 is 28.8 Å². The van der Waals surface area contributed by atoms with Crippen molar-refractivity contribution in [3.05, 3.63) is 48.2 Å². The van der Waals surface area contributed by atoms with E-state index >= 15 is 0 Å². The number of hydrogen-bond donors (Lipinski definition) is 1. The lowest BCUT2D eigenvalue weighted by Gasteiger charge is -2.41. The van der Waals surface area contributed by atoms with E-state index < -0.39 is 5.41 Å². The number of carbonyl (C=O) groups excluding carboxylic acids is 1. The third kappa shape index (κ3) is 2.14. The summed E-state index contributed by atoms with van der Waals surface area (Å²) in [6.07, 6.45) is 3.47. The van der Waals surface area contributed by atoms with E-state index in [0.29, 0.717) is 6.01 Å². The minimum Gasteiger partial charge on any atom is -0.424 e. The van der Waals surface area contributed by atoms with Crippen LogP contribution < -0.4 is 10.2 Å². The molecule has 0 spiro atoms. The molecule has 1 fully saturated rings. The summed E-state index contributed by atoms with van der Waals surface area (Å²) in [6.45, 7) is 3.95. The largest absolute Gasteiger partial charge is 0.424 e. The summed E-state index contributed by atoms with van der Waals surface area (Å²) in [7, 11) is 0. The van der Waals surface area contributed by atoms with Gasteiger partial charge < -0.3 is 9.73 Å². The first-order chi connectivity index (χ1) is 12.5. The lowest BCUT2D eigenvalue weighted by atomic mass is 9.84. The van der Waals surface area contributed by atoms with Gasteiger partial charge in [0.25, 0.3) is 6.01 Å². The van der Waals surface area contributed by atoms with E-state index in [0.717, 1.165) is 35.3 Å². The third-order valence-corrected chi connectivity index (χ3v) is 5.54. The minimum absolute atomic E-state index is 0.136. The number of fused-ring (bicyclic) bond motifs is 2. The van der Waals surface area contributed by atoms with Gasteiger partial charge in [-0.25, -0.2) is 4.98 Å². The maximum Gasteiger partial charge on any atom is 0.295 e. The molecule has 1 N–H and O–H groups in total. The van der Waals surface area contributed by atoms with Crippen molar-refractivity contribution in [1.82, 2.24) is 9.97 Å². The first kappa shape index (κ1) is 15.4. The molecule has 132 valence electrons. The van der Waals surface area contributed by atoms with E-state index in [4.69, 9.17) is 4.42 Å². The molecule has 2 aromatic heterocycles. The molecule has 0 atom stereocenters. The number of para-hydroxylation sites is 2. The fourth-order valence-corrected chi connectivity index (χ4v) is 3.95. The average molecular weight is 348 g/mol. The van der Waals surface area contributed by atoms with Gasteiger partial charge in [-0.15, -0.1) is 0 Å². The quantitative estimate of drug-likeness (QED) is 0.784. The molecule has 6 nitrogen and oxygen atoms in total. The first-order valence-corrected chi connectivity index (χ1v) is 8.95. The Bertz CT molecular complexity index is 971. The van der Waals surface area contributed by atoms with Crippen LogP contribution in [0.1, 0.15) is 32.3 Å². The summed E-state index contributed by atoms with van der Waals surface area (Å²) >= 11 is 0. The number of aromatic nitrogens is 2. The van der Waals surface area contributed by atoms with E-state index in [1.54, 1.807) is 6.20 Å². The summed E-state index contributed by atoms with van der Waals surface area (Å²) in [5, 5.41) is 3.34. The SMILES string of the molecule is CC1(C)C(=O)N([C@H]2C[C@H](Nc3nc4ccccc4o3)C2)c2ncccc21. The van der Waals surface area contributed by atoms with Gasteiger partial charge in [-0.2, -0.15) is 4.98 Å². The number of hydrogen-bond acceptors (Lipinski definition) is 5. The van der Waals surface area contributed by atoms with Crippen molar-refractivity contribution in [2.75, 3.05) is 10.2 Å². The molecule has 1 amide bonds. The Morgan fingerprint density at radius 1 is 1.19 bits per heavy atom. The molecule has 1 aliphatic carbocycles. The highest BCUT2D eigenvalue weighted by atomic mass is 16.4. The minimum atomic E-state index is -0.512. The Kier molecular flexibility index (Phi) is 3.13. The van der Waals surface area contributed by atoms with E-state index in [2.05, 4.69) is 15.3 Å². The summed E-state index contributed by atoms with van der Waals surface area (Å²) in [6, 6.07) is 12.6. The molecular formula is C20H20N4O2. The van der Waals surface area contributed by atoms with Crippen LogP contribution in [0.2, 0.25) is 0 Å². The van der Waals surface area contributed by atoms with Gasteiger partial charge in [0, 0.05) is 23.8 Å². The van der Waals surface area contributed by atoms with Crippen LogP contribution in [0.4, 0.5) is 11.8 Å². The zero-order valence-corrected chi connectivity index (χ0v) is 14.8. The molecule has 0 saturated heterocycles. The van der Waals surface area contributed by atoms with Crippen LogP contribution in [0.15, 0.2) is 47.0 Å². The maximum absolute atomic E-state index is 12.9. The smallest absolute Gasteiger partial charge is 0.295 e. The van der Waals surface area contributed by atoms with Crippen LogP contribution >= 0.6 is 0 Å². The van der Waals surface area contributed by atoms with Gasteiger partial charge in [-0.05, 0) is 44.9 Å². The molecule has 3 aromatic rings. The zero-order chi connectivity index (χ0) is 17.9. The van der Waals surface area contributed by atoms with Crippen LogP contribution in [0.25, 0.3) is 11.1 Å². The third-order valence-electron chi connectivity index (χ3n) is 5.54. The number of benzene rings is 1. The van der Waals surface area contributed by atoms with Crippen LogP contribution in [0, 0.1) is 0 Å². The number of nitrogens with zero attached hydrogens (tertiary/aromatic N) is 3. The van der Waals surface area contributed by atoms with Crippen LogP contribution in [0.3, 0.4) is 0 Å². The Morgan fingerprint density at radius 3 is 2.81 bits per heavy atom. The number of oxazole rings is 1. The van der Waals surface area contributed by atoms with Crippen LogP contribution in [0.5, 0.6) is 0 Å². The van der Waals surface area contributed by atoms with Crippen molar-refractivity contribution in [3.63, 3.8) is 0 Å². The average Bonchev–Trinajstić information content (AvgIpc) is 3.09. The Hall–Kier alpha value is -2.89. The van der Waals surface area contributed by atoms with E-state index in [1.807, 2.05) is 55.1 Å². The molecule has 2 aliphatic rings. The maximum atomic E-state index is 12.9. The Morgan fingerprint density at radius 2 is 2.00 bits per heavy atom. The predicted molar refractivity (Wildman–Crippen MR) is 99.2 cm³/mol. The number of pyridine rings is 1. The fourth-order valence-electron chi connectivity index (χ4n) is 3.95. The van der Waals surface area contributed by atoms with Crippen LogP contribution in [-0.4, -0.2) is 28.0 Å². The van der Waals surface area contributed by atoms with Gasteiger partial charge in [-0.1, -0.05) is 18.2 Å². The molecule has 26 heavy (non-hydrogen) atoms. The van der Waals surface area contributed by atoms with Gasteiger partial charge in [0.05, 0.1) is 5.41 Å². The van der Waals surface area contributed by atoms with Gasteiger partial charge in [0.15, 0.2) is 5.58 Å². The topological polar surface area (TPSA) is 71.3 Å². The standard InChI is InChI=1S/C20H20N4O2/c1-20(2)14-6-5-9-21-17(14)24(18(20)25)13-10-12(11-13)22-19-23-15-7-3-4-8-16(15)26-19/h3-9,12-13H,10-11H2,1-2H3,(H,22,23)/t12-,13-. The highest BCUT2D eigenvalue weighted by Gasteiger charge is 2.50. The van der Waals surface area contributed by atoms with Gasteiger partial charge >= 0.3 is 0 Å². The molecule has 6 heteroatoms. The molecule has 1 aromatic carbocycles. The fraction of sp³-hybridized carbons (Fsp3) is 0.350. The highest BCUT2D eigenvalue weighted by molar-refractivity contribution is 6.07. The normalized spacial score (nSPS) is 23.8. The Balaban J connectivity index is 1.32. The second-order valence-electron chi connectivity index (χ2n) is 7.63. The zero-order valence-electron chi connectivity index (χ0n) is 14.8. The number of amides is 1. The van der Waals surface area contributed by atoms with E-state index in [-0.39, 0.29) is 18.0 Å². The monoisotopic (exact) mass is 348 g/mol. The van der Waals surface area contributed by atoms with Gasteiger partial charge in [0.2, 0.25) is 5.91 Å². The van der Waals surface area contributed by atoms with Crippen LogP contribution in [-0.2, 0) is 10.2 Å². The van der Waals surface area contributed by atoms with Gasteiger partial charge in [-0.3, -0.25) is 9.69 Å². The number of nitrogens with one attached hydrogen (secondary N) is 1. The van der Waals surface area contributed by atoms with Crippen molar-refractivity contribution in [3.8, 4) is 0 Å². The highest BCUT2D eigenvalue weighted by Crippen LogP contribution is 2.44. The summed E-state index contributed by atoms with van der Waals surface area (Å²) in [4.78, 5) is 23.8. The summed E-state index contributed by atoms with van der Waals surface area (Å²) < 4.78 is 5.73. The first-order valence-electron chi connectivity index (χ1n) is 8.95. The second kappa shape index (κ2) is 5.30. The molecule has 0 unspecified atom stereocenters. The lowest BCUT2D eigenvalue weighted by Crippen LogP contribution is -2.53. The summed E-state index contributed by atoms with van der Waals surface area (Å²) in [5.41, 5.74) is 2.13. The number of rotatable bonds is 3. The summed E-state index contributed by atoms with van der Waals surface area (Å²) in [5.74, 6) is 0.948. The van der Waals surface area contributed by atoms with Crippen molar-refractivity contribution in [1.29, 1.82) is 0 Å². The van der Waals surface area contributed by atoms with Crippen molar-refractivity contribution in [2.24, 2.45) is 0 Å².